The summed E-state index contributed by atoms with van der Waals surface area (Å²) < 4.78 is 16.2. The monoisotopic (exact) mass is 461 g/mol. The molecule has 1 atom stereocenters. The van der Waals surface area contributed by atoms with Crippen LogP contribution in [0.1, 0.15) is 18.6 Å². The van der Waals surface area contributed by atoms with Crippen molar-refractivity contribution in [2.24, 2.45) is 4.99 Å². The van der Waals surface area contributed by atoms with E-state index in [1.807, 2.05) is 31.2 Å². The number of para-hydroxylation sites is 2. The smallest absolute Gasteiger partial charge is 0.246 e. The SMILES string of the molecule is CN=C(NCc1nc(C)no1)NCC(C)Oc1ccccc1OC.I. The highest BCUT2D eigenvalue weighted by Crippen LogP contribution is 2.26. The maximum atomic E-state index is 5.89. The quantitative estimate of drug-likeness (QED) is 0.371. The first kappa shape index (κ1) is 21.0. The van der Waals surface area contributed by atoms with Crippen LogP contribution in [-0.4, -0.2) is 42.9 Å². The van der Waals surface area contributed by atoms with Gasteiger partial charge in [-0.2, -0.15) is 4.98 Å². The molecular formula is C16H24IN5O3. The molecule has 1 aromatic carbocycles. The van der Waals surface area contributed by atoms with Crippen molar-refractivity contribution in [3.05, 3.63) is 36.0 Å². The summed E-state index contributed by atoms with van der Waals surface area (Å²) in [5.41, 5.74) is 0. The van der Waals surface area contributed by atoms with Gasteiger partial charge in [-0.1, -0.05) is 17.3 Å². The van der Waals surface area contributed by atoms with E-state index in [1.54, 1.807) is 21.1 Å². The molecule has 25 heavy (non-hydrogen) atoms. The molecule has 0 fully saturated rings. The van der Waals surface area contributed by atoms with Crippen LogP contribution in [0.3, 0.4) is 0 Å². The van der Waals surface area contributed by atoms with E-state index in [-0.39, 0.29) is 30.1 Å². The molecule has 0 amide bonds. The number of rotatable bonds is 7. The number of guanidine groups is 1. The molecule has 2 rings (SSSR count). The predicted octanol–water partition coefficient (Wildman–Crippen LogP) is 2.14. The van der Waals surface area contributed by atoms with Crippen molar-refractivity contribution in [2.45, 2.75) is 26.5 Å². The highest BCUT2D eigenvalue weighted by Gasteiger charge is 2.10. The molecule has 1 aromatic heterocycles. The Bertz CT molecular complexity index is 677. The molecule has 0 aliphatic heterocycles. The number of ether oxygens (including phenoxy) is 2. The standard InChI is InChI=1S/C16H23N5O3.HI/c1-11(23-14-8-6-5-7-13(14)22-4)9-18-16(17-3)19-10-15-20-12(2)21-24-15;/h5-8,11H,9-10H2,1-4H3,(H2,17,18,19);1H. The van der Waals surface area contributed by atoms with Gasteiger partial charge < -0.3 is 24.6 Å². The van der Waals surface area contributed by atoms with Crippen LogP contribution < -0.4 is 20.1 Å². The molecule has 2 aromatic rings. The third-order valence-electron chi connectivity index (χ3n) is 3.15. The van der Waals surface area contributed by atoms with Gasteiger partial charge in [-0.15, -0.1) is 24.0 Å². The molecule has 0 bridgehead atoms. The number of methoxy groups -OCH3 is 1. The molecule has 9 heteroatoms. The van der Waals surface area contributed by atoms with E-state index < -0.39 is 0 Å². The fraction of sp³-hybridized carbons (Fsp3) is 0.438. The first-order chi connectivity index (χ1) is 11.6. The van der Waals surface area contributed by atoms with Crippen LogP contribution in [0.15, 0.2) is 33.8 Å². The van der Waals surface area contributed by atoms with Gasteiger partial charge in [0.25, 0.3) is 0 Å². The van der Waals surface area contributed by atoms with E-state index in [1.165, 1.54) is 0 Å². The minimum Gasteiger partial charge on any atom is -0.493 e. The van der Waals surface area contributed by atoms with Crippen molar-refractivity contribution in [1.82, 2.24) is 20.8 Å². The second-order valence-corrected chi connectivity index (χ2v) is 5.12. The van der Waals surface area contributed by atoms with Crippen LogP contribution >= 0.6 is 24.0 Å². The Morgan fingerprint density at radius 3 is 2.60 bits per heavy atom. The van der Waals surface area contributed by atoms with Gasteiger partial charge in [-0.05, 0) is 26.0 Å². The van der Waals surface area contributed by atoms with Gasteiger partial charge in [-0.3, -0.25) is 4.99 Å². The van der Waals surface area contributed by atoms with Crippen molar-refractivity contribution in [1.29, 1.82) is 0 Å². The molecule has 0 saturated heterocycles. The largest absolute Gasteiger partial charge is 0.493 e. The molecule has 0 aliphatic rings. The lowest BCUT2D eigenvalue weighted by Gasteiger charge is -2.18. The zero-order valence-corrected chi connectivity index (χ0v) is 17.1. The minimum absolute atomic E-state index is 0. The number of aromatic nitrogens is 2. The maximum absolute atomic E-state index is 5.89. The molecule has 0 radical (unpaired) electrons. The Labute approximate surface area is 164 Å². The van der Waals surface area contributed by atoms with Gasteiger partial charge in [-0.25, -0.2) is 0 Å². The first-order valence-electron chi connectivity index (χ1n) is 7.65. The van der Waals surface area contributed by atoms with Crippen LogP contribution in [0, 0.1) is 6.92 Å². The predicted molar refractivity (Wildman–Crippen MR) is 106 cm³/mol. The average Bonchev–Trinajstić information content (AvgIpc) is 3.01. The second kappa shape index (κ2) is 10.7. The highest BCUT2D eigenvalue weighted by atomic mass is 127. The van der Waals surface area contributed by atoms with Gasteiger partial charge in [0.1, 0.15) is 6.10 Å². The number of nitrogens with zero attached hydrogens (tertiary/aromatic N) is 3. The average molecular weight is 461 g/mol. The molecule has 0 saturated carbocycles. The minimum atomic E-state index is -0.0782. The number of halogens is 1. The van der Waals surface area contributed by atoms with Gasteiger partial charge in [0.15, 0.2) is 23.3 Å². The number of aryl methyl sites for hydroxylation is 1. The molecule has 138 valence electrons. The fourth-order valence-corrected chi connectivity index (χ4v) is 2.01. The molecule has 1 heterocycles. The zero-order valence-electron chi connectivity index (χ0n) is 14.8. The van der Waals surface area contributed by atoms with Gasteiger partial charge in [0.05, 0.1) is 20.2 Å². The van der Waals surface area contributed by atoms with Crippen LogP contribution in [-0.2, 0) is 6.54 Å². The third-order valence-corrected chi connectivity index (χ3v) is 3.15. The van der Waals surface area contributed by atoms with E-state index in [9.17, 15) is 0 Å². The van der Waals surface area contributed by atoms with E-state index in [2.05, 4.69) is 25.8 Å². The van der Waals surface area contributed by atoms with E-state index in [0.29, 0.717) is 42.3 Å². The highest BCUT2D eigenvalue weighted by molar-refractivity contribution is 14.0. The van der Waals surface area contributed by atoms with Gasteiger partial charge in [0, 0.05) is 7.05 Å². The second-order valence-electron chi connectivity index (χ2n) is 5.12. The summed E-state index contributed by atoms with van der Waals surface area (Å²) in [5.74, 6) is 3.15. The summed E-state index contributed by atoms with van der Waals surface area (Å²) in [5, 5.41) is 10.0. The Kier molecular flexibility index (Phi) is 9.03. The van der Waals surface area contributed by atoms with Crippen molar-refractivity contribution < 1.29 is 14.0 Å². The topological polar surface area (TPSA) is 93.8 Å². The number of hydrogen-bond acceptors (Lipinski definition) is 6. The van der Waals surface area contributed by atoms with Gasteiger partial charge in [0.2, 0.25) is 5.89 Å². The number of benzene rings is 1. The summed E-state index contributed by atoms with van der Waals surface area (Å²) in [6.07, 6.45) is -0.0782. The Balaban J connectivity index is 0.00000312. The Hall–Kier alpha value is -2.04. The van der Waals surface area contributed by atoms with Crippen molar-refractivity contribution in [2.75, 3.05) is 20.7 Å². The third kappa shape index (κ3) is 6.77. The lowest BCUT2D eigenvalue weighted by molar-refractivity contribution is 0.213. The van der Waals surface area contributed by atoms with Crippen molar-refractivity contribution in [3.63, 3.8) is 0 Å². The van der Waals surface area contributed by atoms with E-state index >= 15 is 0 Å². The Morgan fingerprint density at radius 1 is 1.28 bits per heavy atom. The maximum Gasteiger partial charge on any atom is 0.246 e. The summed E-state index contributed by atoms with van der Waals surface area (Å²) in [6.45, 7) is 4.72. The summed E-state index contributed by atoms with van der Waals surface area (Å²) in [6, 6.07) is 7.55. The zero-order chi connectivity index (χ0) is 17.4. The lowest BCUT2D eigenvalue weighted by atomic mass is 10.3. The summed E-state index contributed by atoms with van der Waals surface area (Å²) in [7, 11) is 3.32. The molecular weight excluding hydrogens is 437 g/mol. The molecule has 8 nitrogen and oxygen atoms in total. The molecule has 1 unspecified atom stereocenters. The molecule has 0 aliphatic carbocycles. The normalized spacial score (nSPS) is 12.1. The van der Waals surface area contributed by atoms with Gasteiger partial charge >= 0.3 is 0 Å². The molecule has 2 N–H and O–H groups in total. The van der Waals surface area contributed by atoms with Crippen LogP contribution in [0.25, 0.3) is 0 Å². The van der Waals surface area contributed by atoms with Crippen molar-refractivity contribution >= 4 is 29.9 Å². The summed E-state index contributed by atoms with van der Waals surface area (Å²) >= 11 is 0. The van der Waals surface area contributed by atoms with E-state index in [4.69, 9.17) is 14.0 Å². The number of nitrogens with one attached hydrogen (secondary N) is 2. The summed E-state index contributed by atoms with van der Waals surface area (Å²) in [4.78, 5) is 8.27. The van der Waals surface area contributed by atoms with E-state index in [0.717, 1.165) is 0 Å². The lowest BCUT2D eigenvalue weighted by Crippen LogP contribution is -2.41. The van der Waals surface area contributed by atoms with Crippen LogP contribution in [0.5, 0.6) is 11.5 Å². The van der Waals surface area contributed by atoms with Crippen LogP contribution in [0.2, 0.25) is 0 Å². The first-order valence-corrected chi connectivity index (χ1v) is 7.65. The van der Waals surface area contributed by atoms with Crippen molar-refractivity contribution in [3.8, 4) is 11.5 Å². The number of hydrogen-bond donors (Lipinski definition) is 2. The Morgan fingerprint density at radius 2 is 2.00 bits per heavy atom. The molecule has 0 spiro atoms. The number of aliphatic imine (C=N–C) groups is 1. The fourth-order valence-electron chi connectivity index (χ4n) is 2.01. The van der Waals surface area contributed by atoms with Crippen LogP contribution in [0.4, 0.5) is 0 Å².